The average molecular weight is 385 g/mol. The summed E-state index contributed by atoms with van der Waals surface area (Å²) in [6, 6.07) is 12.4. The standard InChI is InChI=1S/C21H20O3S2/c1-14-10-17(16-6-8-26(23,24)9-7-16)3-4-18(14)20-13-25-21-5-2-15(12-22)11-19(20)21/h2-6,10-11,13,22H,7-9,12H2,1H3. The van der Waals surface area contributed by atoms with Gasteiger partial charge in [-0.3, -0.25) is 0 Å². The lowest BCUT2D eigenvalue weighted by atomic mass is 9.94. The fourth-order valence-corrected chi connectivity index (χ4v) is 5.58. The summed E-state index contributed by atoms with van der Waals surface area (Å²) in [5.41, 5.74) is 6.68. The van der Waals surface area contributed by atoms with Crippen LogP contribution in [0.25, 0.3) is 26.8 Å². The molecule has 0 fully saturated rings. The lowest BCUT2D eigenvalue weighted by molar-refractivity contribution is 0.282. The number of fused-ring (bicyclic) bond motifs is 1. The number of aliphatic hydroxyl groups excluding tert-OH is 1. The zero-order valence-electron chi connectivity index (χ0n) is 14.5. The molecule has 2 aromatic carbocycles. The van der Waals surface area contributed by atoms with Crippen molar-refractivity contribution < 1.29 is 13.5 Å². The predicted molar refractivity (Wildman–Crippen MR) is 109 cm³/mol. The van der Waals surface area contributed by atoms with Gasteiger partial charge in [0, 0.05) is 15.6 Å². The van der Waals surface area contributed by atoms with Crippen LogP contribution in [0.15, 0.2) is 47.9 Å². The van der Waals surface area contributed by atoms with Gasteiger partial charge >= 0.3 is 0 Å². The van der Waals surface area contributed by atoms with Crippen LogP contribution in [0.4, 0.5) is 0 Å². The lowest BCUT2D eigenvalue weighted by Crippen LogP contribution is -2.14. The minimum absolute atomic E-state index is 0.0419. The van der Waals surface area contributed by atoms with E-state index < -0.39 is 9.84 Å². The average Bonchev–Trinajstić information content (AvgIpc) is 3.04. The quantitative estimate of drug-likeness (QED) is 0.720. The second-order valence-corrected chi connectivity index (χ2v) is 9.90. The highest BCUT2D eigenvalue weighted by Gasteiger charge is 2.18. The number of aryl methyl sites for hydroxylation is 1. The molecule has 0 aliphatic carbocycles. The van der Waals surface area contributed by atoms with Gasteiger partial charge in [-0.05, 0) is 58.7 Å². The molecule has 134 valence electrons. The summed E-state index contributed by atoms with van der Waals surface area (Å²) in [5.74, 6) is 0.376. The molecule has 0 radical (unpaired) electrons. The summed E-state index contributed by atoms with van der Waals surface area (Å²) in [6.45, 7) is 2.14. The van der Waals surface area contributed by atoms with Crippen molar-refractivity contribution in [2.45, 2.75) is 20.0 Å². The summed E-state index contributed by atoms with van der Waals surface area (Å²) in [4.78, 5) is 0. The van der Waals surface area contributed by atoms with E-state index >= 15 is 0 Å². The first kappa shape index (κ1) is 17.5. The molecule has 26 heavy (non-hydrogen) atoms. The van der Waals surface area contributed by atoms with Crippen LogP contribution in [0, 0.1) is 6.92 Å². The number of benzene rings is 2. The Hall–Kier alpha value is -1.95. The number of hydrogen-bond acceptors (Lipinski definition) is 4. The molecule has 0 unspecified atom stereocenters. The molecule has 5 heteroatoms. The van der Waals surface area contributed by atoms with E-state index in [1.54, 1.807) is 11.3 Å². The highest BCUT2D eigenvalue weighted by Crippen LogP contribution is 2.37. The van der Waals surface area contributed by atoms with Crippen molar-refractivity contribution in [2.24, 2.45) is 0 Å². The normalized spacial score (nSPS) is 16.6. The SMILES string of the molecule is Cc1cc(C2=CCS(=O)(=O)CC2)ccc1-c1csc2ccc(CO)cc12. The van der Waals surface area contributed by atoms with E-state index in [0.717, 1.165) is 16.7 Å². The molecule has 0 amide bonds. The highest BCUT2D eigenvalue weighted by molar-refractivity contribution is 7.91. The first-order valence-electron chi connectivity index (χ1n) is 8.59. The summed E-state index contributed by atoms with van der Waals surface area (Å²) in [5, 5.41) is 12.8. The maximum absolute atomic E-state index is 11.6. The predicted octanol–water partition coefficient (Wildman–Crippen LogP) is 4.57. The third kappa shape index (κ3) is 3.22. The van der Waals surface area contributed by atoms with Gasteiger partial charge < -0.3 is 5.11 Å². The van der Waals surface area contributed by atoms with E-state index in [4.69, 9.17) is 0 Å². The summed E-state index contributed by atoms with van der Waals surface area (Å²) in [7, 11) is -2.90. The molecule has 1 aliphatic rings. The number of aliphatic hydroxyl groups is 1. The second kappa shape index (κ2) is 6.65. The summed E-state index contributed by atoms with van der Waals surface area (Å²) >= 11 is 1.71. The third-order valence-electron chi connectivity index (χ3n) is 4.97. The van der Waals surface area contributed by atoms with E-state index in [2.05, 4.69) is 42.6 Å². The molecule has 0 atom stereocenters. The van der Waals surface area contributed by atoms with Gasteiger partial charge in [-0.1, -0.05) is 30.3 Å². The largest absolute Gasteiger partial charge is 0.392 e. The van der Waals surface area contributed by atoms with Gasteiger partial charge in [-0.25, -0.2) is 8.42 Å². The number of hydrogen-bond donors (Lipinski definition) is 1. The van der Waals surface area contributed by atoms with Crippen LogP contribution in [0.3, 0.4) is 0 Å². The van der Waals surface area contributed by atoms with Crippen LogP contribution in [0.2, 0.25) is 0 Å². The molecular weight excluding hydrogens is 364 g/mol. The Balaban J connectivity index is 1.74. The molecule has 1 N–H and O–H groups in total. The number of sulfone groups is 1. The number of rotatable bonds is 3. The van der Waals surface area contributed by atoms with E-state index in [-0.39, 0.29) is 18.1 Å². The fourth-order valence-electron chi connectivity index (χ4n) is 3.49. The summed E-state index contributed by atoms with van der Waals surface area (Å²) < 4.78 is 24.4. The van der Waals surface area contributed by atoms with Crippen molar-refractivity contribution in [3.8, 4) is 11.1 Å². The molecule has 4 rings (SSSR count). The Morgan fingerprint density at radius 1 is 1.12 bits per heavy atom. The van der Waals surface area contributed by atoms with Crippen LogP contribution in [-0.2, 0) is 16.4 Å². The molecule has 0 bridgehead atoms. The Morgan fingerprint density at radius 3 is 2.65 bits per heavy atom. The Bertz CT molecular complexity index is 1120. The minimum atomic E-state index is -2.90. The van der Waals surface area contributed by atoms with Gasteiger partial charge in [0.25, 0.3) is 0 Å². The molecule has 3 nitrogen and oxygen atoms in total. The maximum Gasteiger partial charge on any atom is 0.154 e. The number of thiophene rings is 1. The van der Waals surface area contributed by atoms with Crippen LogP contribution in [0.1, 0.15) is 23.1 Å². The molecule has 1 aromatic heterocycles. The van der Waals surface area contributed by atoms with E-state index in [9.17, 15) is 13.5 Å². The first-order chi connectivity index (χ1) is 12.5. The molecule has 0 spiro atoms. The zero-order valence-corrected chi connectivity index (χ0v) is 16.2. The monoisotopic (exact) mass is 384 g/mol. The first-order valence-corrected chi connectivity index (χ1v) is 11.3. The highest BCUT2D eigenvalue weighted by atomic mass is 32.2. The fraction of sp³-hybridized carbons (Fsp3) is 0.238. The van der Waals surface area contributed by atoms with Crippen molar-refractivity contribution in [1.82, 2.24) is 0 Å². The van der Waals surface area contributed by atoms with Gasteiger partial charge in [0.05, 0.1) is 18.1 Å². The Labute approximate surface area is 157 Å². The molecular formula is C21H20O3S2. The topological polar surface area (TPSA) is 54.4 Å². The molecule has 0 saturated carbocycles. The van der Waals surface area contributed by atoms with Crippen molar-refractivity contribution in [3.63, 3.8) is 0 Å². The Morgan fingerprint density at radius 2 is 1.96 bits per heavy atom. The van der Waals surface area contributed by atoms with E-state index in [0.29, 0.717) is 6.42 Å². The zero-order chi connectivity index (χ0) is 18.3. The molecule has 2 heterocycles. The lowest BCUT2D eigenvalue weighted by Gasteiger charge is -2.15. The van der Waals surface area contributed by atoms with Gasteiger partial charge in [0.1, 0.15) is 0 Å². The van der Waals surface area contributed by atoms with Crippen molar-refractivity contribution in [3.05, 3.63) is 64.5 Å². The maximum atomic E-state index is 11.6. The smallest absolute Gasteiger partial charge is 0.154 e. The third-order valence-corrected chi connectivity index (χ3v) is 7.44. The minimum Gasteiger partial charge on any atom is -0.392 e. The second-order valence-electron chi connectivity index (χ2n) is 6.76. The van der Waals surface area contributed by atoms with Gasteiger partial charge in [0.2, 0.25) is 0 Å². The molecule has 0 saturated heterocycles. The van der Waals surface area contributed by atoms with Crippen molar-refractivity contribution in [1.29, 1.82) is 0 Å². The van der Waals surface area contributed by atoms with E-state index in [1.807, 2.05) is 12.1 Å². The Kier molecular flexibility index (Phi) is 4.47. The van der Waals surface area contributed by atoms with Crippen molar-refractivity contribution in [2.75, 3.05) is 11.5 Å². The van der Waals surface area contributed by atoms with Crippen LogP contribution in [0.5, 0.6) is 0 Å². The van der Waals surface area contributed by atoms with Gasteiger partial charge in [-0.15, -0.1) is 11.3 Å². The van der Waals surface area contributed by atoms with E-state index in [1.165, 1.54) is 26.8 Å². The number of allylic oxidation sites excluding steroid dienone is 1. The molecule has 1 aliphatic heterocycles. The van der Waals surface area contributed by atoms with Crippen LogP contribution in [-0.4, -0.2) is 25.0 Å². The van der Waals surface area contributed by atoms with Crippen LogP contribution < -0.4 is 0 Å². The van der Waals surface area contributed by atoms with Gasteiger partial charge in [-0.2, -0.15) is 0 Å². The van der Waals surface area contributed by atoms with Crippen molar-refractivity contribution >= 4 is 36.8 Å². The van der Waals surface area contributed by atoms with Gasteiger partial charge in [0.15, 0.2) is 9.84 Å². The van der Waals surface area contributed by atoms with Crippen LogP contribution >= 0.6 is 11.3 Å². The molecule has 3 aromatic rings. The summed E-state index contributed by atoms with van der Waals surface area (Å²) in [6.07, 6.45) is 2.43.